The molecule has 1 fully saturated rings. The van der Waals surface area contributed by atoms with Gasteiger partial charge in [-0.25, -0.2) is 0 Å². The van der Waals surface area contributed by atoms with E-state index in [4.69, 9.17) is 4.74 Å². The van der Waals surface area contributed by atoms with Crippen molar-refractivity contribution in [3.8, 4) is 5.75 Å². The number of ether oxygens (including phenoxy) is 1. The van der Waals surface area contributed by atoms with Crippen LogP contribution in [0.5, 0.6) is 5.75 Å². The maximum atomic E-state index is 12.3. The van der Waals surface area contributed by atoms with Gasteiger partial charge in [-0.15, -0.1) is 12.4 Å². The van der Waals surface area contributed by atoms with E-state index in [9.17, 15) is 9.59 Å². The Hall–Kier alpha value is -1.79. The largest absolute Gasteiger partial charge is 0.479 e. The van der Waals surface area contributed by atoms with Crippen LogP contribution in [-0.2, 0) is 9.59 Å². The number of halogens is 1. The molecule has 25 heavy (non-hydrogen) atoms. The van der Waals surface area contributed by atoms with E-state index >= 15 is 0 Å². The number of benzene rings is 1. The zero-order valence-corrected chi connectivity index (χ0v) is 15.4. The molecule has 3 atom stereocenters. The highest BCUT2D eigenvalue weighted by molar-refractivity contribution is 5.99. The van der Waals surface area contributed by atoms with Crippen LogP contribution in [0.1, 0.15) is 33.1 Å². The van der Waals surface area contributed by atoms with Crippen molar-refractivity contribution in [3.05, 3.63) is 18.2 Å². The third-order valence-corrected chi connectivity index (χ3v) is 4.84. The molecular formula is C18H26ClN3O3. The summed E-state index contributed by atoms with van der Waals surface area (Å²) in [5.74, 6) is 1.36. The van der Waals surface area contributed by atoms with Gasteiger partial charge in [-0.2, -0.15) is 0 Å². The van der Waals surface area contributed by atoms with Gasteiger partial charge in [-0.1, -0.05) is 6.92 Å². The van der Waals surface area contributed by atoms with Gasteiger partial charge in [0.25, 0.3) is 5.91 Å². The summed E-state index contributed by atoms with van der Waals surface area (Å²) >= 11 is 0. The number of amides is 2. The van der Waals surface area contributed by atoms with Gasteiger partial charge in [0.1, 0.15) is 5.75 Å². The van der Waals surface area contributed by atoms with Crippen LogP contribution in [-0.4, -0.2) is 31.0 Å². The van der Waals surface area contributed by atoms with E-state index in [0.717, 1.165) is 13.1 Å². The Morgan fingerprint density at radius 3 is 2.96 bits per heavy atom. The van der Waals surface area contributed by atoms with E-state index in [2.05, 4.69) is 22.9 Å². The number of anilines is 2. The number of rotatable bonds is 4. The second-order valence-corrected chi connectivity index (χ2v) is 6.80. The average Bonchev–Trinajstić information content (AvgIpc) is 2.57. The molecule has 2 heterocycles. The lowest BCUT2D eigenvalue weighted by Gasteiger charge is -2.28. The Balaban J connectivity index is 0.00000225. The number of piperidine rings is 1. The number of carbonyl (C=O) groups is 2. The summed E-state index contributed by atoms with van der Waals surface area (Å²) in [6.07, 6.45) is 2.37. The minimum atomic E-state index is -0.497. The van der Waals surface area contributed by atoms with Crippen LogP contribution >= 0.6 is 12.4 Å². The molecule has 1 aromatic rings. The summed E-state index contributed by atoms with van der Waals surface area (Å²) in [5.41, 5.74) is 1.27. The molecule has 0 saturated carbocycles. The SMILES string of the molecule is CC1Oc2ccc(NC(=O)CC(C)C3CCCNC3)cc2NC1=O.Cl. The summed E-state index contributed by atoms with van der Waals surface area (Å²) in [4.78, 5) is 24.0. The van der Waals surface area contributed by atoms with Crippen molar-refractivity contribution in [1.29, 1.82) is 0 Å². The molecule has 0 aliphatic carbocycles. The van der Waals surface area contributed by atoms with Crippen LogP contribution in [0.15, 0.2) is 18.2 Å². The highest BCUT2D eigenvalue weighted by Crippen LogP contribution is 2.32. The first-order chi connectivity index (χ1) is 11.5. The lowest BCUT2D eigenvalue weighted by atomic mass is 9.85. The van der Waals surface area contributed by atoms with Crippen molar-refractivity contribution in [1.82, 2.24) is 5.32 Å². The highest BCUT2D eigenvalue weighted by Gasteiger charge is 2.24. The number of carbonyl (C=O) groups excluding carboxylic acids is 2. The van der Waals surface area contributed by atoms with E-state index < -0.39 is 6.10 Å². The zero-order chi connectivity index (χ0) is 17.1. The molecule has 0 aromatic heterocycles. The van der Waals surface area contributed by atoms with Crippen molar-refractivity contribution in [2.45, 2.75) is 39.2 Å². The predicted octanol–water partition coefficient (Wildman–Crippen LogP) is 2.79. The van der Waals surface area contributed by atoms with Crippen molar-refractivity contribution in [2.24, 2.45) is 11.8 Å². The standard InChI is InChI=1S/C18H25N3O3.ClH/c1-11(13-4-3-7-19-10-13)8-17(22)20-14-5-6-16-15(9-14)21-18(23)12(2)24-16;/h5-6,9,11-13,19H,3-4,7-8,10H2,1-2H3,(H,20,22)(H,21,23);1H. The molecule has 3 rings (SSSR count). The highest BCUT2D eigenvalue weighted by atomic mass is 35.5. The third-order valence-electron chi connectivity index (χ3n) is 4.84. The Morgan fingerprint density at radius 2 is 2.24 bits per heavy atom. The normalized spacial score (nSPS) is 23.4. The zero-order valence-electron chi connectivity index (χ0n) is 14.6. The van der Waals surface area contributed by atoms with Crippen LogP contribution < -0.4 is 20.7 Å². The minimum Gasteiger partial charge on any atom is -0.479 e. The van der Waals surface area contributed by atoms with Gasteiger partial charge in [0.05, 0.1) is 5.69 Å². The molecule has 3 N–H and O–H groups in total. The fourth-order valence-electron chi connectivity index (χ4n) is 3.32. The maximum Gasteiger partial charge on any atom is 0.265 e. The monoisotopic (exact) mass is 367 g/mol. The topological polar surface area (TPSA) is 79.5 Å². The quantitative estimate of drug-likeness (QED) is 0.764. The first kappa shape index (κ1) is 19.5. The van der Waals surface area contributed by atoms with E-state index in [-0.39, 0.29) is 24.2 Å². The second-order valence-electron chi connectivity index (χ2n) is 6.80. The van der Waals surface area contributed by atoms with Gasteiger partial charge >= 0.3 is 0 Å². The summed E-state index contributed by atoms with van der Waals surface area (Å²) < 4.78 is 5.52. The van der Waals surface area contributed by atoms with E-state index in [0.29, 0.717) is 35.4 Å². The first-order valence-electron chi connectivity index (χ1n) is 8.65. The van der Waals surface area contributed by atoms with Crippen molar-refractivity contribution in [2.75, 3.05) is 23.7 Å². The summed E-state index contributed by atoms with van der Waals surface area (Å²) in [6, 6.07) is 5.31. The van der Waals surface area contributed by atoms with E-state index in [1.807, 2.05) is 0 Å². The van der Waals surface area contributed by atoms with Gasteiger partial charge < -0.3 is 20.7 Å². The van der Waals surface area contributed by atoms with E-state index in [1.165, 1.54) is 12.8 Å². The molecular weight excluding hydrogens is 342 g/mol. The van der Waals surface area contributed by atoms with Gasteiger partial charge in [0.2, 0.25) is 5.91 Å². The van der Waals surface area contributed by atoms with Crippen molar-refractivity contribution in [3.63, 3.8) is 0 Å². The Labute approximate surface area is 154 Å². The first-order valence-corrected chi connectivity index (χ1v) is 8.65. The fraction of sp³-hybridized carbons (Fsp3) is 0.556. The number of hydrogen-bond donors (Lipinski definition) is 3. The van der Waals surface area contributed by atoms with Crippen LogP contribution in [0.3, 0.4) is 0 Å². The van der Waals surface area contributed by atoms with Gasteiger partial charge in [0, 0.05) is 12.1 Å². The molecule has 0 radical (unpaired) electrons. The third kappa shape index (κ3) is 4.86. The molecule has 3 unspecified atom stereocenters. The number of hydrogen-bond acceptors (Lipinski definition) is 4. The van der Waals surface area contributed by atoms with Crippen molar-refractivity contribution < 1.29 is 14.3 Å². The van der Waals surface area contributed by atoms with Crippen LogP contribution in [0.2, 0.25) is 0 Å². The average molecular weight is 368 g/mol. The number of nitrogens with one attached hydrogen (secondary N) is 3. The minimum absolute atomic E-state index is 0. The Bertz CT molecular complexity index is 632. The maximum absolute atomic E-state index is 12.3. The summed E-state index contributed by atoms with van der Waals surface area (Å²) in [5, 5.41) is 9.11. The molecule has 1 aromatic carbocycles. The lowest BCUT2D eigenvalue weighted by Crippen LogP contribution is -2.34. The van der Waals surface area contributed by atoms with Crippen LogP contribution in [0, 0.1) is 11.8 Å². The van der Waals surface area contributed by atoms with Gasteiger partial charge in [-0.3, -0.25) is 9.59 Å². The molecule has 7 heteroatoms. The van der Waals surface area contributed by atoms with Crippen LogP contribution in [0.4, 0.5) is 11.4 Å². The molecule has 2 aliphatic rings. The molecule has 6 nitrogen and oxygen atoms in total. The number of fused-ring (bicyclic) bond motifs is 1. The van der Waals surface area contributed by atoms with E-state index in [1.54, 1.807) is 25.1 Å². The Kier molecular flexibility index (Phi) is 6.67. The van der Waals surface area contributed by atoms with Crippen molar-refractivity contribution >= 4 is 35.6 Å². The smallest absolute Gasteiger partial charge is 0.265 e. The molecule has 1 saturated heterocycles. The Morgan fingerprint density at radius 1 is 1.44 bits per heavy atom. The summed E-state index contributed by atoms with van der Waals surface area (Å²) in [7, 11) is 0. The van der Waals surface area contributed by atoms with Crippen LogP contribution in [0.25, 0.3) is 0 Å². The van der Waals surface area contributed by atoms with Gasteiger partial charge in [0.15, 0.2) is 6.10 Å². The lowest BCUT2D eigenvalue weighted by molar-refractivity contribution is -0.122. The van der Waals surface area contributed by atoms with Gasteiger partial charge in [-0.05, 0) is 62.9 Å². The molecule has 2 aliphatic heterocycles. The predicted molar refractivity (Wildman–Crippen MR) is 100 cm³/mol. The second kappa shape index (κ2) is 8.54. The molecule has 0 spiro atoms. The fourth-order valence-corrected chi connectivity index (χ4v) is 3.32. The molecule has 138 valence electrons. The summed E-state index contributed by atoms with van der Waals surface area (Å²) in [6.45, 7) is 5.92. The molecule has 2 amide bonds. The molecule has 0 bridgehead atoms.